The van der Waals surface area contributed by atoms with Crippen LogP contribution in [0, 0.1) is 23.0 Å². The molecule has 0 fully saturated rings. The van der Waals surface area contributed by atoms with E-state index in [1.807, 2.05) is 6.07 Å². The Kier molecular flexibility index (Phi) is 4.93. The van der Waals surface area contributed by atoms with E-state index >= 15 is 0 Å². The Bertz CT molecular complexity index is 1180. The van der Waals surface area contributed by atoms with Crippen molar-refractivity contribution in [1.29, 1.82) is 5.26 Å². The summed E-state index contributed by atoms with van der Waals surface area (Å²) in [5, 5.41) is 17.6. The van der Waals surface area contributed by atoms with Crippen LogP contribution in [0.2, 0.25) is 5.02 Å². The Balaban J connectivity index is 2.22. The normalized spacial score (nSPS) is 10.7. The number of nitrogens with one attached hydrogen (secondary N) is 1. The zero-order chi connectivity index (χ0) is 19.7. The molecular formula is C19H11ClF2N2O3. The zero-order valence-corrected chi connectivity index (χ0v) is 14.4. The minimum atomic E-state index is -1.20. The molecule has 0 spiro atoms. The summed E-state index contributed by atoms with van der Waals surface area (Å²) in [5.74, 6) is -3.24. The molecule has 8 heteroatoms. The van der Waals surface area contributed by atoms with Gasteiger partial charge in [0.2, 0.25) is 0 Å². The van der Waals surface area contributed by atoms with E-state index in [0.29, 0.717) is 11.1 Å². The number of benzene rings is 2. The summed E-state index contributed by atoms with van der Waals surface area (Å²) in [6.45, 7) is 0. The molecule has 0 atom stereocenters. The molecule has 27 heavy (non-hydrogen) atoms. The van der Waals surface area contributed by atoms with E-state index in [0.717, 1.165) is 12.1 Å². The van der Waals surface area contributed by atoms with Crippen molar-refractivity contribution in [3.8, 4) is 17.3 Å². The number of rotatable bonds is 4. The van der Waals surface area contributed by atoms with Gasteiger partial charge in [-0.1, -0.05) is 11.6 Å². The summed E-state index contributed by atoms with van der Waals surface area (Å²) in [6, 6.07) is 8.43. The van der Waals surface area contributed by atoms with E-state index in [-0.39, 0.29) is 28.0 Å². The molecule has 3 rings (SSSR count). The van der Waals surface area contributed by atoms with Gasteiger partial charge in [0.1, 0.15) is 11.6 Å². The molecule has 0 radical (unpaired) electrons. The van der Waals surface area contributed by atoms with Crippen LogP contribution in [-0.4, -0.2) is 16.1 Å². The fourth-order valence-electron chi connectivity index (χ4n) is 2.79. The molecule has 0 aliphatic heterocycles. The highest BCUT2D eigenvalue weighted by atomic mass is 35.5. The predicted molar refractivity (Wildman–Crippen MR) is 95.6 cm³/mol. The van der Waals surface area contributed by atoms with Gasteiger partial charge in [0.05, 0.1) is 28.2 Å². The van der Waals surface area contributed by atoms with E-state index in [9.17, 15) is 18.4 Å². The van der Waals surface area contributed by atoms with Crippen molar-refractivity contribution in [3.63, 3.8) is 0 Å². The molecule has 2 N–H and O–H groups in total. The first-order valence-electron chi connectivity index (χ1n) is 7.77. The number of carboxylic acid groups (broad SMARTS) is 1. The quantitative estimate of drug-likeness (QED) is 0.706. The third-order valence-electron chi connectivity index (χ3n) is 4.08. The van der Waals surface area contributed by atoms with Crippen LogP contribution < -0.4 is 5.43 Å². The third kappa shape index (κ3) is 3.52. The second-order valence-corrected chi connectivity index (χ2v) is 6.23. The fourth-order valence-corrected chi connectivity index (χ4v) is 3.01. The van der Waals surface area contributed by atoms with Crippen molar-refractivity contribution in [2.24, 2.45) is 0 Å². The highest BCUT2D eigenvalue weighted by Crippen LogP contribution is 2.29. The number of hydrogen-bond acceptors (Lipinski definition) is 3. The minimum Gasteiger partial charge on any atom is -0.481 e. The number of nitrogens with zero attached hydrogens (tertiary/aromatic N) is 1. The zero-order valence-electron chi connectivity index (χ0n) is 13.6. The van der Waals surface area contributed by atoms with Gasteiger partial charge in [0, 0.05) is 28.6 Å². The lowest BCUT2D eigenvalue weighted by atomic mass is 10.0. The highest BCUT2D eigenvalue weighted by Gasteiger charge is 2.18. The molecule has 5 nitrogen and oxygen atoms in total. The number of aromatic amines is 1. The van der Waals surface area contributed by atoms with Crippen molar-refractivity contribution in [2.75, 3.05) is 0 Å². The van der Waals surface area contributed by atoms with Gasteiger partial charge in [-0.3, -0.25) is 9.59 Å². The summed E-state index contributed by atoms with van der Waals surface area (Å²) < 4.78 is 28.9. The number of carboxylic acids is 1. The molecule has 0 saturated carbocycles. The summed E-state index contributed by atoms with van der Waals surface area (Å²) in [7, 11) is 0. The number of aliphatic carboxylic acids is 1. The van der Waals surface area contributed by atoms with Crippen LogP contribution in [0.1, 0.15) is 17.5 Å². The van der Waals surface area contributed by atoms with Gasteiger partial charge in [0.15, 0.2) is 5.43 Å². The van der Waals surface area contributed by atoms with E-state index in [1.165, 1.54) is 18.2 Å². The van der Waals surface area contributed by atoms with E-state index in [4.69, 9.17) is 22.0 Å². The number of hydrogen-bond donors (Lipinski definition) is 2. The van der Waals surface area contributed by atoms with Crippen LogP contribution in [0.15, 0.2) is 35.1 Å². The maximum Gasteiger partial charge on any atom is 0.303 e. The van der Waals surface area contributed by atoms with E-state index in [2.05, 4.69) is 4.98 Å². The average molecular weight is 389 g/mol. The largest absolute Gasteiger partial charge is 0.481 e. The maximum absolute atomic E-state index is 14.7. The van der Waals surface area contributed by atoms with Crippen LogP contribution >= 0.6 is 11.6 Å². The first-order chi connectivity index (χ1) is 12.8. The molecule has 136 valence electrons. The molecular weight excluding hydrogens is 378 g/mol. The molecule has 0 aliphatic rings. The molecule has 0 amide bonds. The molecule has 0 saturated heterocycles. The number of nitriles is 1. The number of fused-ring (bicyclic) bond motifs is 1. The highest BCUT2D eigenvalue weighted by molar-refractivity contribution is 6.33. The first-order valence-corrected chi connectivity index (χ1v) is 8.15. The summed E-state index contributed by atoms with van der Waals surface area (Å²) in [4.78, 5) is 25.9. The number of pyridine rings is 1. The van der Waals surface area contributed by atoms with Crippen molar-refractivity contribution in [1.82, 2.24) is 4.98 Å². The lowest BCUT2D eigenvalue weighted by molar-refractivity contribution is -0.136. The van der Waals surface area contributed by atoms with Crippen LogP contribution in [0.4, 0.5) is 8.78 Å². The second-order valence-electron chi connectivity index (χ2n) is 5.82. The number of aromatic nitrogens is 1. The minimum absolute atomic E-state index is 0.0926. The lowest BCUT2D eigenvalue weighted by Gasteiger charge is -2.10. The third-order valence-corrected chi connectivity index (χ3v) is 4.41. The predicted octanol–water partition coefficient (Wildman–Crippen LogP) is 4.02. The summed E-state index contributed by atoms with van der Waals surface area (Å²) in [5.41, 5.74) is -0.419. The van der Waals surface area contributed by atoms with Crippen LogP contribution in [0.5, 0.6) is 0 Å². The molecule has 3 aromatic rings. The Morgan fingerprint density at radius 3 is 2.67 bits per heavy atom. The fraction of sp³-hybridized carbons (Fsp3) is 0.105. The van der Waals surface area contributed by atoms with Crippen molar-refractivity contribution in [2.45, 2.75) is 12.8 Å². The SMILES string of the molecule is N#Cc1ccc(Cl)c(-c2cc(=O)c3c(F)c(CCC(=O)O)c(F)cc3[nH]2)c1. The molecule has 2 aromatic carbocycles. The summed E-state index contributed by atoms with van der Waals surface area (Å²) in [6.07, 6.45) is -0.841. The topological polar surface area (TPSA) is 93.9 Å². The molecule has 0 aliphatic carbocycles. The average Bonchev–Trinajstić information content (AvgIpc) is 2.60. The van der Waals surface area contributed by atoms with Gasteiger partial charge >= 0.3 is 5.97 Å². The Hall–Kier alpha value is -3.24. The Labute approximate surface area is 156 Å². The number of carbonyl (C=O) groups is 1. The second kappa shape index (κ2) is 7.17. The number of H-pyrrole nitrogens is 1. The summed E-state index contributed by atoms with van der Waals surface area (Å²) >= 11 is 6.11. The maximum atomic E-state index is 14.7. The molecule has 0 unspecified atom stereocenters. The Morgan fingerprint density at radius 1 is 1.26 bits per heavy atom. The van der Waals surface area contributed by atoms with Gasteiger partial charge in [-0.05, 0) is 30.7 Å². The van der Waals surface area contributed by atoms with Crippen molar-refractivity contribution in [3.05, 3.63) is 68.3 Å². The van der Waals surface area contributed by atoms with E-state index < -0.39 is 35.0 Å². The van der Waals surface area contributed by atoms with E-state index in [1.54, 1.807) is 0 Å². The smallest absolute Gasteiger partial charge is 0.303 e. The molecule has 1 heterocycles. The van der Waals surface area contributed by atoms with Gasteiger partial charge < -0.3 is 10.1 Å². The Morgan fingerprint density at radius 2 is 2.00 bits per heavy atom. The van der Waals surface area contributed by atoms with Gasteiger partial charge in [0.25, 0.3) is 0 Å². The van der Waals surface area contributed by atoms with Gasteiger partial charge in [-0.25, -0.2) is 8.78 Å². The van der Waals surface area contributed by atoms with Crippen molar-refractivity contribution >= 4 is 28.5 Å². The molecule has 0 bridgehead atoms. The number of halogens is 3. The van der Waals surface area contributed by atoms with Gasteiger partial charge in [-0.15, -0.1) is 0 Å². The van der Waals surface area contributed by atoms with Crippen LogP contribution in [0.25, 0.3) is 22.2 Å². The lowest BCUT2D eigenvalue weighted by Crippen LogP contribution is -2.10. The monoisotopic (exact) mass is 388 g/mol. The van der Waals surface area contributed by atoms with Crippen LogP contribution in [0.3, 0.4) is 0 Å². The van der Waals surface area contributed by atoms with Crippen molar-refractivity contribution < 1.29 is 18.7 Å². The van der Waals surface area contributed by atoms with Gasteiger partial charge in [-0.2, -0.15) is 5.26 Å². The first kappa shape index (κ1) is 18.5. The molecule has 1 aromatic heterocycles. The van der Waals surface area contributed by atoms with Crippen LogP contribution in [-0.2, 0) is 11.2 Å². The standard InChI is InChI=1S/C19H11ClF2N2O3/c20-12-3-1-9(8-23)5-11(12)14-7-16(25)18-15(24-14)6-13(21)10(19(18)22)2-4-17(26)27/h1,3,5-7H,2,4H2,(H,24,25)(H,26,27).